The molecule has 2 aromatic carbocycles. The number of hydrazine groups is 1. The summed E-state index contributed by atoms with van der Waals surface area (Å²) >= 11 is 12.9. The largest absolute Gasteiger partial charge is 0.494 e. The van der Waals surface area contributed by atoms with Gasteiger partial charge in [0, 0.05) is 43.2 Å². The lowest BCUT2D eigenvalue weighted by molar-refractivity contribution is -0.136. The molecule has 1 aromatic heterocycles. The standard InChI is InChI=1S/C29H30Cl2F3N3O2/c1-19-26-25(12-16-36(28(26)38)35-14-3-2-4-15-35)37(24-11-8-21(30)18-23(24)31)27(19)20-6-9-22(10-7-20)39-17-5-13-29(32,33)34/h6-11,18H,2-5,12-17H2,1H3. The molecule has 5 nitrogen and oxygen atoms in total. The fourth-order valence-corrected chi connectivity index (χ4v) is 6.04. The van der Waals surface area contributed by atoms with Gasteiger partial charge in [-0.05, 0) is 79.8 Å². The average Bonchev–Trinajstić information content (AvgIpc) is 3.20. The number of benzene rings is 2. The Morgan fingerprint density at radius 2 is 1.69 bits per heavy atom. The van der Waals surface area contributed by atoms with E-state index in [0.717, 1.165) is 54.1 Å². The van der Waals surface area contributed by atoms with Gasteiger partial charge in [-0.1, -0.05) is 29.6 Å². The first-order chi connectivity index (χ1) is 18.6. The number of halogens is 5. The molecule has 0 unspecified atom stereocenters. The number of alkyl halides is 3. The molecule has 0 saturated carbocycles. The third kappa shape index (κ3) is 5.93. The van der Waals surface area contributed by atoms with Crippen LogP contribution in [0.5, 0.6) is 5.75 Å². The zero-order chi connectivity index (χ0) is 27.7. The van der Waals surface area contributed by atoms with E-state index in [9.17, 15) is 18.0 Å². The summed E-state index contributed by atoms with van der Waals surface area (Å²) in [6, 6.07) is 12.5. The molecule has 0 atom stereocenters. The van der Waals surface area contributed by atoms with Crippen LogP contribution in [-0.4, -0.2) is 52.9 Å². The van der Waals surface area contributed by atoms with Gasteiger partial charge in [-0.25, -0.2) is 5.01 Å². The normalized spacial score (nSPS) is 16.5. The van der Waals surface area contributed by atoms with Gasteiger partial charge in [0.2, 0.25) is 0 Å². The summed E-state index contributed by atoms with van der Waals surface area (Å²) in [7, 11) is 0. The number of carbonyl (C=O) groups is 1. The van der Waals surface area contributed by atoms with Gasteiger partial charge in [-0.15, -0.1) is 0 Å². The average molecular weight is 580 g/mol. The Morgan fingerprint density at radius 1 is 0.974 bits per heavy atom. The van der Waals surface area contributed by atoms with Crippen molar-refractivity contribution in [1.82, 2.24) is 14.6 Å². The maximum absolute atomic E-state index is 13.9. The first-order valence-electron chi connectivity index (χ1n) is 13.2. The molecular formula is C29H30Cl2F3N3O2. The van der Waals surface area contributed by atoms with Gasteiger partial charge < -0.3 is 9.30 Å². The molecule has 1 saturated heterocycles. The highest BCUT2D eigenvalue weighted by Crippen LogP contribution is 2.40. The van der Waals surface area contributed by atoms with E-state index in [-0.39, 0.29) is 18.9 Å². The highest BCUT2D eigenvalue weighted by atomic mass is 35.5. The van der Waals surface area contributed by atoms with Crippen molar-refractivity contribution < 1.29 is 22.7 Å². The molecule has 1 amide bonds. The zero-order valence-electron chi connectivity index (χ0n) is 21.7. The van der Waals surface area contributed by atoms with Gasteiger partial charge in [0.15, 0.2) is 0 Å². The fourth-order valence-electron chi connectivity index (χ4n) is 5.55. The Hall–Kier alpha value is -2.68. The number of rotatable bonds is 7. The lowest BCUT2D eigenvalue weighted by Gasteiger charge is -2.39. The molecule has 0 radical (unpaired) electrons. The van der Waals surface area contributed by atoms with Gasteiger partial charge in [-0.3, -0.25) is 9.80 Å². The van der Waals surface area contributed by atoms with Crippen molar-refractivity contribution in [3.8, 4) is 22.7 Å². The van der Waals surface area contributed by atoms with Crippen LogP contribution in [0.25, 0.3) is 16.9 Å². The van der Waals surface area contributed by atoms with E-state index in [0.29, 0.717) is 34.3 Å². The predicted molar refractivity (Wildman–Crippen MR) is 147 cm³/mol. The van der Waals surface area contributed by atoms with Crippen LogP contribution in [0.3, 0.4) is 0 Å². The van der Waals surface area contributed by atoms with E-state index in [1.165, 1.54) is 6.42 Å². The van der Waals surface area contributed by atoms with Crippen LogP contribution in [-0.2, 0) is 6.42 Å². The van der Waals surface area contributed by atoms with Crippen LogP contribution in [0, 0.1) is 6.92 Å². The summed E-state index contributed by atoms with van der Waals surface area (Å²) in [6.07, 6.45) is -1.19. The second-order valence-electron chi connectivity index (χ2n) is 10.0. The molecule has 1 fully saturated rings. The van der Waals surface area contributed by atoms with Gasteiger partial charge in [0.1, 0.15) is 5.75 Å². The highest BCUT2D eigenvalue weighted by molar-refractivity contribution is 6.35. The Kier molecular flexibility index (Phi) is 8.17. The minimum atomic E-state index is -4.20. The summed E-state index contributed by atoms with van der Waals surface area (Å²) in [5.74, 6) is 0.476. The minimum Gasteiger partial charge on any atom is -0.494 e. The number of carbonyl (C=O) groups excluding carboxylic acids is 1. The van der Waals surface area contributed by atoms with E-state index >= 15 is 0 Å². The van der Waals surface area contributed by atoms with Crippen LogP contribution in [0.2, 0.25) is 10.0 Å². The monoisotopic (exact) mass is 579 g/mol. The molecule has 2 aliphatic heterocycles. The van der Waals surface area contributed by atoms with Crippen molar-refractivity contribution in [2.75, 3.05) is 26.2 Å². The molecule has 39 heavy (non-hydrogen) atoms. The second kappa shape index (κ2) is 11.4. The molecule has 208 valence electrons. The number of amides is 1. The summed E-state index contributed by atoms with van der Waals surface area (Å²) in [5, 5.41) is 5.05. The third-order valence-electron chi connectivity index (χ3n) is 7.35. The lowest BCUT2D eigenvalue weighted by atomic mass is 10.0. The number of fused-ring (bicyclic) bond motifs is 1. The Balaban J connectivity index is 1.52. The molecule has 3 heterocycles. The maximum Gasteiger partial charge on any atom is 0.389 e. The van der Waals surface area contributed by atoms with E-state index in [2.05, 4.69) is 5.01 Å². The molecule has 0 N–H and O–H groups in total. The molecule has 10 heteroatoms. The molecule has 0 bridgehead atoms. The highest BCUT2D eigenvalue weighted by Gasteiger charge is 2.36. The third-order valence-corrected chi connectivity index (χ3v) is 7.88. The van der Waals surface area contributed by atoms with Gasteiger partial charge in [-0.2, -0.15) is 13.2 Å². The first-order valence-corrected chi connectivity index (χ1v) is 14.0. The van der Waals surface area contributed by atoms with E-state index in [1.54, 1.807) is 24.3 Å². The molecule has 5 rings (SSSR count). The quantitative estimate of drug-likeness (QED) is 0.267. The second-order valence-corrected chi connectivity index (χ2v) is 10.9. The number of piperidine rings is 1. The molecule has 2 aliphatic rings. The summed E-state index contributed by atoms with van der Waals surface area (Å²) in [6.45, 7) is 4.27. The van der Waals surface area contributed by atoms with Gasteiger partial charge in [0.05, 0.1) is 28.6 Å². The van der Waals surface area contributed by atoms with Crippen molar-refractivity contribution >= 4 is 29.1 Å². The van der Waals surface area contributed by atoms with Crippen molar-refractivity contribution in [3.63, 3.8) is 0 Å². The van der Waals surface area contributed by atoms with Gasteiger partial charge >= 0.3 is 6.18 Å². The van der Waals surface area contributed by atoms with E-state index < -0.39 is 12.6 Å². The Morgan fingerprint density at radius 3 is 2.36 bits per heavy atom. The summed E-state index contributed by atoms with van der Waals surface area (Å²) in [5.41, 5.74) is 4.83. The van der Waals surface area contributed by atoms with Crippen molar-refractivity contribution in [3.05, 3.63) is 69.3 Å². The van der Waals surface area contributed by atoms with E-state index in [1.807, 2.05) is 34.7 Å². The maximum atomic E-state index is 13.9. The van der Waals surface area contributed by atoms with Crippen LogP contribution >= 0.6 is 23.2 Å². The fraction of sp³-hybridized carbons (Fsp3) is 0.414. The number of nitrogens with zero attached hydrogens (tertiary/aromatic N) is 3. The van der Waals surface area contributed by atoms with Crippen LogP contribution in [0.4, 0.5) is 13.2 Å². The minimum absolute atomic E-state index is 0.00893. The van der Waals surface area contributed by atoms with Crippen molar-refractivity contribution in [2.24, 2.45) is 0 Å². The van der Waals surface area contributed by atoms with Gasteiger partial charge in [0.25, 0.3) is 5.91 Å². The summed E-state index contributed by atoms with van der Waals surface area (Å²) in [4.78, 5) is 13.9. The molecule has 3 aromatic rings. The lowest BCUT2D eigenvalue weighted by Crippen LogP contribution is -2.51. The molecular weight excluding hydrogens is 550 g/mol. The SMILES string of the molecule is Cc1c2c(n(-c3ccc(Cl)cc3Cl)c1-c1ccc(OCCCC(F)(F)F)cc1)CCN(N1CCCCC1)C2=O. The Labute approximate surface area is 236 Å². The van der Waals surface area contributed by atoms with Crippen LogP contribution in [0.1, 0.15) is 53.7 Å². The first kappa shape index (κ1) is 27.9. The number of hydrogen-bond acceptors (Lipinski definition) is 3. The molecule has 0 aliphatic carbocycles. The van der Waals surface area contributed by atoms with E-state index in [4.69, 9.17) is 27.9 Å². The van der Waals surface area contributed by atoms with Crippen LogP contribution in [0.15, 0.2) is 42.5 Å². The Bertz CT molecular complexity index is 1350. The number of hydrogen-bond donors (Lipinski definition) is 0. The zero-order valence-corrected chi connectivity index (χ0v) is 23.2. The smallest absolute Gasteiger partial charge is 0.389 e. The predicted octanol–water partition coefficient (Wildman–Crippen LogP) is 7.88. The number of aromatic nitrogens is 1. The van der Waals surface area contributed by atoms with Crippen molar-refractivity contribution in [1.29, 1.82) is 0 Å². The van der Waals surface area contributed by atoms with Crippen molar-refractivity contribution in [2.45, 2.75) is 51.6 Å². The van der Waals surface area contributed by atoms with Crippen LogP contribution < -0.4 is 4.74 Å². The number of ether oxygens (including phenoxy) is 1. The molecule has 0 spiro atoms. The topological polar surface area (TPSA) is 37.7 Å². The summed E-state index contributed by atoms with van der Waals surface area (Å²) < 4.78 is 44.9.